The summed E-state index contributed by atoms with van der Waals surface area (Å²) in [6.07, 6.45) is 4.42. The van der Waals surface area contributed by atoms with Crippen molar-refractivity contribution in [3.8, 4) is 0 Å². The Morgan fingerprint density at radius 3 is 2.56 bits per heavy atom. The number of piperidine rings is 1. The van der Waals surface area contributed by atoms with Crippen molar-refractivity contribution in [3.05, 3.63) is 35.4 Å². The van der Waals surface area contributed by atoms with Gasteiger partial charge in [-0.2, -0.15) is 0 Å². The number of nitrogens with zero attached hydrogens (tertiary/aromatic N) is 3. The number of amides is 1. The lowest BCUT2D eigenvalue weighted by atomic mass is 9.74. The molecule has 1 fully saturated rings. The molecule has 4 heteroatoms. The zero-order valence-electron chi connectivity index (χ0n) is 16.1. The van der Waals surface area contributed by atoms with Gasteiger partial charge in [0.25, 0.3) is 0 Å². The molecule has 2 aliphatic heterocycles. The van der Waals surface area contributed by atoms with E-state index < -0.39 is 0 Å². The number of benzene rings is 1. The summed E-state index contributed by atoms with van der Waals surface area (Å²) in [7, 11) is 2.27. The topological polar surface area (TPSA) is 26.8 Å². The molecule has 0 atom stereocenters. The van der Waals surface area contributed by atoms with Crippen molar-refractivity contribution in [2.24, 2.45) is 0 Å². The molecule has 1 aromatic rings. The van der Waals surface area contributed by atoms with Crippen molar-refractivity contribution >= 4 is 5.91 Å². The van der Waals surface area contributed by atoms with E-state index >= 15 is 0 Å². The van der Waals surface area contributed by atoms with Crippen LogP contribution >= 0.6 is 0 Å². The molecular weight excluding hydrogens is 310 g/mol. The van der Waals surface area contributed by atoms with Gasteiger partial charge in [-0.1, -0.05) is 31.2 Å². The van der Waals surface area contributed by atoms with E-state index in [0.717, 1.165) is 58.4 Å². The number of carbonyl (C=O) groups excluding carboxylic acids is 1. The van der Waals surface area contributed by atoms with Crippen LogP contribution in [0, 0.1) is 0 Å². The van der Waals surface area contributed by atoms with Gasteiger partial charge in [-0.25, -0.2) is 0 Å². The van der Waals surface area contributed by atoms with Crippen molar-refractivity contribution in [2.75, 3.05) is 46.3 Å². The molecule has 1 aromatic carbocycles. The molecule has 0 N–H and O–H groups in total. The molecule has 1 spiro atoms. The predicted octanol–water partition coefficient (Wildman–Crippen LogP) is 2.72. The van der Waals surface area contributed by atoms with Gasteiger partial charge >= 0.3 is 0 Å². The first-order valence-corrected chi connectivity index (χ1v) is 9.90. The van der Waals surface area contributed by atoms with Crippen LogP contribution in [0.1, 0.15) is 44.2 Å². The minimum atomic E-state index is 0.169. The maximum Gasteiger partial charge on any atom is 0.236 e. The van der Waals surface area contributed by atoms with Crippen molar-refractivity contribution in [3.63, 3.8) is 0 Å². The minimum absolute atomic E-state index is 0.169. The Morgan fingerprint density at radius 1 is 1.16 bits per heavy atom. The second-order valence-electron chi connectivity index (χ2n) is 7.61. The summed E-state index contributed by atoms with van der Waals surface area (Å²) in [5.41, 5.74) is 3.21. The molecule has 2 aliphatic rings. The van der Waals surface area contributed by atoms with Crippen LogP contribution in [0.4, 0.5) is 0 Å². The van der Waals surface area contributed by atoms with E-state index in [9.17, 15) is 4.79 Å². The van der Waals surface area contributed by atoms with Gasteiger partial charge in [0.2, 0.25) is 5.91 Å². The second-order valence-corrected chi connectivity index (χ2v) is 7.61. The van der Waals surface area contributed by atoms with E-state index in [4.69, 9.17) is 0 Å². The Morgan fingerprint density at radius 2 is 1.88 bits per heavy atom. The van der Waals surface area contributed by atoms with Crippen molar-refractivity contribution < 1.29 is 4.79 Å². The second kappa shape index (κ2) is 7.88. The number of hydrogen-bond donors (Lipinski definition) is 0. The predicted molar refractivity (Wildman–Crippen MR) is 103 cm³/mol. The smallest absolute Gasteiger partial charge is 0.236 e. The van der Waals surface area contributed by atoms with Crippen LogP contribution < -0.4 is 0 Å². The number of carbonyl (C=O) groups is 1. The highest BCUT2D eigenvalue weighted by atomic mass is 16.2. The summed E-state index contributed by atoms with van der Waals surface area (Å²) >= 11 is 0. The first kappa shape index (κ1) is 18.4. The van der Waals surface area contributed by atoms with E-state index in [1.165, 1.54) is 11.1 Å². The van der Waals surface area contributed by atoms with E-state index in [2.05, 4.69) is 55.0 Å². The van der Waals surface area contributed by atoms with Gasteiger partial charge in [-0.15, -0.1) is 0 Å². The van der Waals surface area contributed by atoms with Gasteiger partial charge in [0.1, 0.15) is 0 Å². The van der Waals surface area contributed by atoms with Crippen LogP contribution in [0.2, 0.25) is 0 Å². The van der Waals surface area contributed by atoms with Crippen LogP contribution in [0.5, 0.6) is 0 Å². The number of rotatable bonds is 5. The first-order chi connectivity index (χ1) is 12.1. The van der Waals surface area contributed by atoms with Gasteiger partial charge in [0.15, 0.2) is 0 Å². The molecule has 0 radical (unpaired) electrons. The van der Waals surface area contributed by atoms with Gasteiger partial charge in [-0.05, 0) is 50.8 Å². The van der Waals surface area contributed by atoms with E-state index in [0.29, 0.717) is 6.54 Å². The standard InChI is InChI=1S/C21H33N3O/c1-4-13-24(5-2)20(25)17-23-15-11-21(12-16-23)19-9-7-6-8-18(19)10-14-22(21)3/h6-9H,4-5,10-17H2,1-3H3. The summed E-state index contributed by atoms with van der Waals surface area (Å²) in [5.74, 6) is 0.290. The maximum absolute atomic E-state index is 12.5. The zero-order valence-corrected chi connectivity index (χ0v) is 16.1. The highest BCUT2D eigenvalue weighted by molar-refractivity contribution is 5.78. The summed E-state index contributed by atoms with van der Waals surface area (Å²) in [4.78, 5) is 19.4. The molecule has 0 aromatic heterocycles. The summed E-state index contributed by atoms with van der Waals surface area (Å²) in [5, 5.41) is 0. The van der Waals surface area contributed by atoms with Crippen LogP contribution in [-0.4, -0.2) is 66.9 Å². The Labute approximate surface area is 152 Å². The Balaban J connectivity index is 1.66. The third-order valence-electron chi connectivity index (χ3n) is 6.24. The highest BCUT2D eigenvalue weighted by Gasteiger charge is 2.43. The average Bonchev–Trinajstić information content (AvgIpc) is 2.64. The van der Waals surface area contributed by atoms with Crippen molar-refractivity contribution in [2.45, 2.75) is 45.1 Å². The average molecular weight is 344 g/mol. The lowest BCUT2D eigenvalue weighted by Crippen LogP contribution is -2.55. The number of hydrogen-bond acceptors (Lipinski definition) is 3. The molecule has 4 nitrogen and oxygen atoms in total. The quantitative estimate of drug-likeness (QED) is 0.822. The normalized spacial score (nSPS) is 20.4. The monoisotopic (exact) mass is 343 g/mol. The van der Waals surface area contributed by atoms with Crippen LogP contribution in [0.3, 0.4) is 0 Å². The SMILES string of the molecule is CCCN(CC)C(=O)CN1CCC2(CC1)c1ccccc1CCN2C. The molecule has 1 amide bonds. The van der Waals surface area contributed by atoms with Crippen molar-refractivity contribution in [1.82, 2.24) is 14.7 Å². The summed E-state index contributed by atoms with van der Waals surface area (Å²) in [6.45, 7) is 9.64. The molecule has 0 aliphatic carbocycles. The highest BCUT2D eigenvalue weighted by Crippen LogP contribution is 2.42. The fraction of sp³-hybridized carbons (Fsp3) is 0.667. The third kappa shape index (κ3) is 3.61. The molecule has 1 saturated heterocycles. The zero-order chi connectivity index (χ0) is 17.9. The molecule has 0 bridgehead atoms. The summed E-state index contributed by atoms with van der Waals surface area (Å²) < 4.78 is 0. The lowest BCUT2D eigenvalue weighted by molar-refractivity contribution is -0.133. The number of fused-ring (bicyclic) bond motifs is 2. The minimum Gasteiger partial charge on any atom is -0.342 e. The lowest BCUT2D eigenvalue weighted by Gasteiger charge is -2.51. The van der Waals surface area contributed by atoms with E-state index in [1.807, 2.05) is 4.90 Å². The largest absolute Gasteiger partial charge is 0.342 e. The number of likely N-dealkylation sites (N-methyl/N-ethyl adjacent to an activating group) is 2. The molecule has 0 unspecified atom stereocenters. The molecule has 0 saturated carbocycles. The maximum atomic E-state index is 12.5. The summed E-state index contributed by atoms with van der Waals surface area (Å²) in [6, 6.07) is 8.97. The van der Waals surface area contributed by atoms with Crippen LogP contribution in [0.25, 0.3) is 0 Å². The van der Waals surface area contributed by atoms with Crippen LogP contribution in [-0.2, 0) is 16.8 Å². The molecule has 3 rings (SSSR count). The Hall–Kier alpha value is -1.39. The molecular formula is C21H33N3O. The third-order valence-corrected chi connectivity index (χ3v) is 6.24. The van der Waals surface area contributed by atoms with E-state index in [-0.39, 0.29) is 11.4 Å². The molecule has 25 heavy (non-hydrogen) atoms. The van der Waals surface area contributed by atoms with Gasteiger partial charge in [0, 0.05) is 38.3 Å². The van der Waals surface area contributed by atoms with Gasteiger partial charge in [0.05, 0.1) is 6.54 Å². The van der Waals surface area contributed by atoms with Gasteiger partial charge in [-0.3, -0.25) is 14.6 Å². The Bertz CT molecular complexity index is 593. The van der Waals surface area contributed by atoms with Crippen LogP contribution in [0.15, 0.2) is 24.3 Å². The first-order valence-electron chi connectivity index (χ1n) is 9.90. The Kier molecular flexibility index (Phi) is 5.80. The number of likely N-dealkylation sites (tertiary alicyclic amines) is 1. The molecule has 2 heterocycles. The fourth-order valence-electron chi connectivity index (χ4n) is 4.65. The fourth-order valence-corrected chi connectivity index (χ4v) is 4.65. The van der Waals surface area contributed by atoms with Crippen molar-refractivity contribution in [1.29, 1.82) is 0 Å². The van der Waals surface area contributed by atoms with E-state index in [1.54, 1.807) is 0 Å². The molecule has 138 valence electrons. The van der Waals surface area contributed by atoms with Gasteiger partial charge < -0.3 is 4.90 Å².